The zero-order chi connectivity index (χ0) is 13.8. The van der Waals surface area contributed by atoms with Crippen LogP contribution in [0.15, 0.2) is 29.4 Å². The second-order valence-corrected chi connectivity index (χ2v) is 4.87. The molecule has 0 saturated heterocycles. The first-order chi connectivity index (χ1) is 9.06. The Kier molecular flexibility index (Phi) is 4.16. The monoisotopic (exact) mass is 281 g/mol. The Morgan fingerprint density at radius 3 is 2.68 bits per heavy atom. The molecule has 5 nitrogen and oxygen atoms in total. The van der Waals surface area contributed by atoms with Gasteiger partial charge in [-0.15, -0.1) is 10.2 Å². The summed E-state index contributed by atoms with van der Waals surface area (Å²) in [7, 11) is 0. The molecule has 1 heterocycles. The lowest BCUT2D eigenvalue weighted by molar-refractivity contribution is -0.133. The van der Waals surface area contributed by atoms with Crippen LogP contribution < -0.4 is 0 Å². The standard InChI is InChI=1S/C12H12FN3O2S/c1-8-14-15-12(19-7-11(17)18)16(8)6-9-2-4-10(13)5-3-9/h2-5H,6-7H2,1H3,(H,17,18). The number of aliphatic carboxylic acids is 1. The molecule has 100 valence electrons. The molecule has 0 atom stereocenters. The van der Waals surface area contributed by atoms with Crippen molar-refractivity contribution in [3.8, 4) is 0 Å². The number of nitrogens with zero attached hydrogens (tertiary/aromatic N) is 3. The van der Waals surface area contributed by atoms with Crippen LogP contribution in [0.5, 0.6) is 0 Å². The summed E-state index contributed by atoms with van der Waals surface area (Å²) in [6.07, 6.45) is 0. The molecule has 0 fully saturated rings. The van der Waals surface area contributed by atoms with Gasteiger partial charge in [0.15, 0.2) is 5.16 Å². The van der Waals surface area contributed by atoms with Crippen LogP contribution in [-0.4, -0.2) is 31.6 Å². The van der Waals surface area contributed by atoms with Crippen molar-refractivity contribution < 1.29 is 14.3 Å². The van der Waals surface area contributed by atoms with Gasteiger partial charge in [-0.05, 0) is 24.6 Å². The number of carboxylic acids is 1. The molecule has 19 heavy (non-hydrogen) atoms. The average molecular weight is 281 g/mol. The van der Waals surface area contributed by atoms with Gasteiger partial charge in [0.1, 0.15) is 11.6 Å². The molecule has 2 rings (SSSR count). The molecule has 1 N–H and O–H groups in total. The number of hydrogen-bond donors (Lipinski definition) is 1. The van der Waals surface area contributed by atoms with Gasteiger partial charge in [0.2, 0.25) is 0 Å². The zero-order valence-electron chi connectivity index (χ0n) is 10.2. The van der Waals surface area contributed by atoms with Crippen LogP contribution in [0.25, 0.3) is 0 Å². The molecular formula is C12H12FN3O2S. The molecule has 7 heteroatoms. The second-order valence-electron chi connectivity index (χ2n) is 3.92. The Hall–Kier alpha value is -1.89. The molecule has 1 aromatic carbocycles. The largest absolute Gasteiger partial charge is 0.481 e. The maximum Gasteiger partial charge on any atom is 0.313 e. The van der Waals surface area contributed by atoms with E-state index in [1.807, 2.05) is 0 Å². The average Bonchev–Trinajstić information content (AvgIpc) is 2.71. The van der Waals surface area contributed by atoms with E-state index >= 15 is 0 Å². The van der Waals surface area contributed by atoms with Gasteiger partial charge in [-0.25, -0.2) is 4.39 Å². The summed E-state index contributed by atoms with van der Waals surface area (Å²) in [6.45, 7) is 2.28. The van der Waals surface area contributed by atoms with E-state index in [0.29, 0.717) is 17.5 Å². The lowest BCUT2D eigenvalue weighted by atomic mass is 10.2. The third-order valence-corrected chi connectivity index (χ3v) is 3.43. The topological polar surface area (TPSA) is 68.0 Å². The lowest BCUT2D eigenvalue weighted by Gasteiger charge is -2.07. The summed E-state index contributed by atoms with van der Waals surface area (Å²) in [5.41, 5.74) is 0.904. The van der Waals surface area contributed by atoms with Crippen LogP contribution in [0.1, 0.15) is 11.4 Å². The van der Waals surface area contributed by atoms with Crippen molar-refractivity contribution in [3.63, 3.8) is 0 Å². The fourth-order valence-corrected chi connectivity index (χ4v) is 2.25. The number of benzene rings is 1. The Bertz CT molecular complexity index is 583. The van der Waals surface area contributed by atoms with Crippen LogP contribution in [0.4, 0.5) is 4.39 Å². The predicted octanol–water partition coefficient (Wildman–Crippen LogP) is 1.95. The quantitative estimate of drug-likeness (QED) is 0.848. The summed E-state index contributed by atoms with van der Waals surface area (Å²) in [5, 5.41) is 17.1. The maximum absolute atomic E-state index is 12.8. The first kappa shape index (κ1) is 13.5. The highest BCUT2D eigenvalue weighted by atomic mass is 32.2. The Morgan fingerprint density at radius 2 is 2.05 bits per heavy atom. The van der Waals surface area contributed by atoms with Crippen LogP contribution >= 0.6 is 11.8 Å². The minimum atomic E-state index is -0.904. The van der Waals surface area contributed by atoms with Gasteiger partial charge in [0, 0.05) is 0 Å². The van der Waals surface area contributed by atoms with Crippen molar-refractivity contribution >= 4 is 17.7 Å². The number of rotatable bonds is 5. The van der Waals surface area contributed by atoms with Crippen molar-refractivity contribution in [1.82, 2.24) is 14.8 Å². The molecule has 0 aliphatic carbocycles. The van der Waals surface area contributed by atoms with E-state index in [0.717, 1.165) is 17.3 Å². The summed E-state index contributed by atoms with van der Waals surface area (Å²) < 4.78 is 14.6. The number of thioether (sulfide) groups is 1. The highest BCUT2D eigenvalue weighted by Gasteiger charge is 2.11. The molecule has 2 aromatic rings. The number of hydrogen-bond acceptors (Lipinski definition) is 4. The third-order valence-electron chi connectivity index (χ3n) is 2.48. The molecule has 0 aliphatic heterocycles. The number of aryl methyl sites for hydroxylation is 1. The van der Waals surface area contributed by atoms with Gasteiger partial charge >= 0.3 is 5.97 Å². The summed E-state index contributed by atoms with van der Waals surface area (Å²) in [5.74, 6) is -0.567. The number of aromatic nitrogens is 3. The molecule has 0 amide bonds. The van der Waals surface area contributed by atoms with E-state index < -0.39 is 5.97 Å². The fraction of sp³-hybridized carbons (Fsp3) is 0.250. The van der Waals surface area contributed by atoms with Crippen LogP contribution in [0, 0.1) is 12.7 Å². The fourth-order valence-electron chi connectivity index (χ4n) is 1.55. The van der Waals surface area contributed by atoms with Crippen molar-refractivity contribution in [2.45, 2.75) is 18.6 Å². The van der Waals surface area contributed by atoms with E-state index in [4.69, 9.17) is 5.11 Å². The molecule has 0 spiro atoms. The Morgan fingerprint density at radius 1 is 1.37 bits per heavy atom. The van der Waals surface area contributed by atoms with Gasteiger partial charge in [-0.2, -0.15) is 0 Å². The highest BCUT2D eigenvalue weighted by Crippen LogP contribution is 2.18. The van der Waals surface area contributed by atoms with Gasteiger partial charge in [-0.1, -0.05) is 23.9 Å². The van der Waals surface area contributed by atoms with Crippen LogP contribution in [-0.2, 0) is 11.3 Å². The normalized spacial score (nSPS) is 10.6. The van der Waals surface area contributed by atoms with Crippen molar-refractivity contribution in [2.75, 3.05) is 5.75 Å². The lowest BCUT2D eigenvalue weighted by Crippen LogP contribution is -2.06. The van der Waals surface area contributed by atoms with E-state index in [9.17, 15) is 9.18 Å². The first-order valence-corrected chi connectivity index (χ1v) is 6.53. The van der Waals surface area contributed by atoms with Gasteiger partial charge in [0.25, 0.3) is 0 Å². The van der Waals surface area contributed by atoms with Crippen molar-refractivity contribution in [1.29, 1.82) is 0 Å². The molecule has 0 radical (unpaired) electrons. The SMILES string of the molecule is Cc1nnc(SCC(=O)O)n1Cc1ccc(F)cc1. The summed E-state index contributed by atoms with van der Waals surface area (Å²) in [6, 6.07) is 6.14. The molecular weight excluding hydrogens is 269 g/mol. The summed E-state index contributed by atoms with van der Waals surface area (Å²) >= 11 is 1.11. The first-order valence-electron chi connectivity index (χ1n) is 5.55. The molecule has 1 aromatic heterocycles. The van der Waals surface area contributed by atoms with Gasteiger partial charge < -0.3 is 9.67 Å². The van der Waals surface area contributed by atoms with E-state index in [1.165, 1.54) is 12.1 Å². The number of carbonyl (C=O) groups is 1. The van der Waals surface area contributed by atoms with Crippen LogP contribution in [0.3, 0.4) is 0 Å². The zero-order valence-corrected chi connectivity index (χ0v) is 11.0. The van der Waals surface area contributed by atoms with Crippen LogP contribution in [0.2, 0.25) is 0 Å². The summed E-state index contributed by atoms with van der Waals surface area (Å²) in [4.78, 5) is 10.6. The minimum Gasteiger partial charge on any atom is -0.481 e. The Balaban J connectivity index is 2.16. The number of halogens is 1. The smallest absolute Gasteiger partial charge is 0.313 e. The van der Waals surface area contributed by atoms with E-state index in [-0.39, 0.29) is 11.6 Å². The van der Waals surface area contributed by atoms with Crippen molar-refractivity contribution in [3.05, 3.63) is 41.5 Å². The molecule has 0 unspecified atom stereocenters. The van der Waals surface area contributed by atoms with E-state index in [1.54, 1.807) is 23.6 Å². The number of carboxylic acid groups (broad SMARTS) is 1. The third kappa shape index (κ3) is 3.54. The maximum atomic E-state index is 12.8. The minimum absolute atomic E-state index is 0.0679. The highest BCUT2D eigenvalue weighted by molar-refractivity contribution is 7.99. The van der Waals surface area contributed by atoms with Gasteiger partial charge in [0.05, 0.1) is 12.3 Å². The van der Waals surface area contributed by atoms with Gasteiger partial charge in [-0.3, -0.25) is 4.79 Å². The predicted molar refractivity (Wildman–Crippen MR) is 68.6 cm³/mol. The Labute approximate surface area is 113 Å². The van der Waals surface area contributed by atoms with Crippen molar-refractivity contribution in [2.24, 2.45) is 0 Å². The molecule has 0 bridgehead atoms. The molecule has 0 saturated carbocycles. The second kappa shape index (κ2) is 5.83. The molecule has 0 aliphatic rings. The van der Waals surface area contributed by atoms with E-state index in [2.05, 4.69) is 10.2 Å².